The average molecular weight is 341 g/mol. The smallest absolute Gasteiger partial charge is 0.232 e. The summed E-state index contributed by atoms with van der Waals surface area (Å²) in [6.07, 6.45) is 5.32. The first kappa shape index (κ1) is 14.5. The molecule has 0 amide bonds. The van der Waals surface area contributed by atoms with Gasteiger partial charge in [0.25, 0.3) is 0 Å². The fourth-order valence-electron chi connectivity index (χ4n) is 2.94. The number of hydrogen-bond acceptors (Lipinski definition) is 5. The van der Waals surface area contributed by atoms with Gasteiger partial charge < -0.3 is 20.6 Å². The molecular formula is C19H15N7. The highest BCUT2D eigenvalue weighted by atomic mass is 15.2. The van der Waals surface area contributed by atoms with E-state index in [1.807, 2.05) is 60.9 Å². The summed E-state index contributed by atoms with van der Waals surface area (Å²) in [6, 6.07) is 16.1. The van der Waals surface area contributed by atoms with Crippen LogP contribution in [0.25, 0.3) is 21.8 Å². The van der Waals surface area contributed by atoms with Crippen molar-refractivity contribution in [2.24, 2.45) is 0 Å². The third-order valence-corrected chi connectivity index (χ3v) is 4.19. The van der Waals surface area contributed by atoms with Crippen LogP contribution >= 0.6 is 0 Å². The van der Waals surface area contributed by atoms with Crippen molar-refractivity contribution in [1.29, 1.82) is 0 Å². The Morgan fingerprint density at radius 1 is 0.654 bits per heavy atom. The van der Waals surface area contributed by atoms with E-state index in [1.165, 1.54) is 6.33 Å². The van der Waals surface area contributed by atoms with Crippen LogP contribution in [0.5, 0.6) is 0 Å². The van der Waals surface area contributed by atoms with Gasteiger partial charge in [0.15, 0.2) is 0 Å². The Morgan fingerprint density at radius 3 is 1.73 bits per heavy atom. The monoisotopic (exact) mass is 341 g/mol. The maximum absolute atomic E-state index is 4.44. The van der Waals surface area contributed by atoms with E-state index in [4.69, 9.17) is 0 Å². The summed E-state index contributed by atoms with van der Waals surface area (Å²) >= 11 is 0. The van der Waals surface area contributed by atoms with Gasteiger partial charge in [0.05, 0.1) is 0 Å². The van der Waals surface area contributed by atoms with Crippen LogP contribution in [-0.2, 0) is 0 Å². The van der Waals surface area contributed by atoms with Crippen LogP contribution in [0.1, 0.15) is 0 Å². The number of hydrogen-bond donors (Lipinski definition) is 4. The SMILES string of the molecule is c1nc(Nc2ccc3[nH]ccc3c2)nc(Nc2ccc3[nH]ccc3c2)n1. The molecule has 2 aromatic carbocycles. The van der Waals surface area contributed by atoms with E-state index >= 15 is 0 Å². The number of anilines is 4. The standard InChI is InChI=1S/C19H15N7/c1-3-16-12(5-7-20-16)9-14(1)24-18-22-11-23-19(26-18)25-15-2-4-17-13(10-15)6-8-21-17/h1-11,20-21H,(H2,22,23,24,25,26). The third kappa shape index (κ3) is 2.71. The molecule has 0 radical (unpaired) electrons. The van der Waals surface area contributed by atoms with Crippen molar-refractivity contribution < 1.29 is 0 Å². The van der Waals surface area contributed by atoms with Gasteiger partial charge in [-0.15, -0.1) is 0 Å². The average Bonchev–Trinajstić information content (AvgIpc) is 3.30. The summed E-state index contributed by atoms with van der Waals surface area (Å²) in [6.45, 7) is 0. The lowest BCUT2D eigenvalue weighted by molar-refractivity contribution is 1.06. The predicted octanol–water partition coefficient (Wildman–Crippen LogP) is 4.32. The second-order valence-electron chi connectivity index (χ2n) is 5.94. The normalized spacial score (nSPS) is 11.1. The minimum atomic E-state index is 0.486. The lowest BCUT2D eigenvalue weighted by Gasteiger charge is -2.08. The number of benzene rings is 2. The lowest BCUT2D eigenvalue weighted by Crippen LogP contribution is -2.02. The molecule has 0 bridgehead atoms. The Balaban J connectivity index is 1.39. The summed E-state index contributed by atoms with van der Waals surface area (Å²) in [5, 5.41) is 8.69. The first-order valence-corrected chi connectivity index (χ1v) is 8.21. The van der Waals surface area contributed by atoms with Crippen LogP contribution in [0, 0.1) is 0 Å². The first-order chi connectivity index (χ1) is 12.8. The van der Waals surface area contributed by atoms with Gasteiger partial charge in [-0.1, -0.05) is 0 Å². The molecule has 3 heterocycles. The minimum Gasteiger partial charge on any atom is -0.361 e. The molecule has 7 nitrogen and oxygen atoms in total. The van der Waals surface area contributed by atoms with Crippen molar-refractivity contribution in [1.82, 2.24) is 24.9 Å². The molecule has 0 saturated heterocycles. The molecule has 3 aromatic heterocycles. The molecule has 0 unspecified atom stereocenters. The van der Waals surface area contributed by atoms with E-state index in [2.05, 4.69) is 35.6 Å². The Morgan fingerprint density at radius 2 is 1.19 bits per heavy atom. The van der Waals surface area contributed by atoms with Crippen LogP contribution in [0.4, 0.5) is 23.3 Å². The molecule has 0 saturated carbocycles. The number of nitrogens with one attached hydrogen (secondary N) is 4. The van der Waals surface area contributed by atoms with Gasteiger partial charge in [0.1, 0.15) is 6.33 Å². The highest BCUT2D eigenvalue weighted by Gasteiger charge is 2.04. The first-order valence-electron chi connectivity index (χ1n) is 8.21. The van der Waals surface area contributed by atoms with E-state index in [0.29, 0.717) is 11.9 Å². The molecule has 26 heavy (non-hydrogen) atoms. The van der Waals surface area contributed by atoms with E-state index in [9.17, 15) is 0 Å². The lowest BCUT2D eigenvalue weighted by atomic mass is 10.2. The largest absolute Gasteiger partial charge is 0.361 e. The van der Waals surface area contributed by atoms with Gasteiger partial charge >= 0.3 is 0 Å². The molecule has 5 aromatic rings. The van der Waals surface area contributed by atoms with E-state index < -0.39 is 0 Å². The maximum Gasteiger partial charge on any atom is 0.232 e. The summed E-state index contributed by atoms with van der Waals surface area (Å²) < 4.78 is 0. The Hall–Kier alpha value is -3.87. The zero-order valence-electron chi connectivity index (χ0n) is 13.7. The van der Waals surface area contributed by atoms with Crippen molar-refractivity contribution in [2.45, 2.75) is 0 Å². The van der Waals surface area contributed by atoms with Crippen molar-refractivity contribution in [3.63, 3.8) is 0 Å². The summed E-state index contributed by atoms with van der Waals surface area (Å²) in [5.41, 5.74) is 4.02. The number of aromatic nitrogens is 5. The van der Waals surface area contributed by atoms with Gasteiger partial charge in [-0.2, -0.15) is 4.98 Å². The number of nitrogens with zero attached hydrogens (tertiary/aromatic N) is 3. The highest BCUT2D eigenvalue weighted by Crippen LogP contribution is 2.22. The van der Waals surface area contributed by atoms with Crippen LogP contribution in [-0.4, -0.2) is 24.9 Å². The molecule has 0 aliphatic carbocycles. The molecular weight excluding hydrogens is 326 g/mol. The molecule has 0 aliphatic rings. The Bertz CT molecular complexity index is 1110. The molecule has 0 spiro atoms. The van der Waals surface area contributed by atoms with E-state index in [1.54, 1.807) is 0 Å². The zero-order chi connectivity index (χ0) is 17.3. The van der Waals surface area contributed by atoms with Crippen molar-refractivity contribution >= 4 is 45.1 Å². The molecule has 0 atom stereocenters. The summed E-state index contributed by atoms with van der Waals surface area (Å²) in [4.78, 5) is 19.2. The van der Waals surface area contributed by atoms with E-state index in [-0.39, 0.29) is 0 Å². The molecule has 4 N–H and O–H groups in total. The number of fused-ring (bicyclic) bond motifs is 2. The van der Waals surface area contributed by atoms with Crippen LogP contribution in [0.3, 0.4) is 0 Å². The van der Waals surface area contributed by atoms with Gasteiger partial charge in [-0.25, -0.2) is 9.97 Å². The zero-order valence-corrected chi connectivity index (χ0v) is 13.7. The molecule has 5 rings (SSSR count). The summed E-state index contributed by atoms with van der Waals surface area (Å²) in [5.74, 6) is 0.972. The second kappa shape index (κ2) is 5.89. The molecule has 7 heteroatoms. The highest BCUT2D eigenvalue weighted by molar-refractivity contribution is 5.84. The Kier molecular flexibility index (Phi) is 3.28. The second-order valence-corrected chi connectivity index (χ2v) is 5.94. The molecule has 0 aliphatic heterocycles. The van der Waals surface area contributed by atoms with Gasteiger partial charge in [-0.3, -0.25) is 0 Å². The third-order valence-electron chi connectivity index (χ3n) is 4.19. The van der Waals surface area contributed by atoms with E-state index in [0.717, 1.165) is 33.2 Å². The number of rotatable bonds is 4. The molecule has 0 fully saturated rings. The quantitative estimate of drug-likeness (QED) is 0.390. The number of aromatic amines is 2. The number of H-pyrrole nitrogens is 2. The minimum absolute atomic E-state index is 0.486. The van der Waals surface area contributed by atoms with Gasteiger partial charge in [0.2, 0.25) is 11.9 Å². The van der Waals surface area contributed by atoms with Crippen molar-refractivity contribution in [2.75, 3.05) is 10.6 Å². The topological polar surface area (TPSA) is 94.3 Å². The molecule has 126 valence electrons. The van der Waals surface area contributed by atoms with Gasteiger partial charge in [0, 0.05) is 45.6 Å². The Labute approximate surface area is 148 Å². The van der Waals surface area contributed by atoms with Crippen LogP contribution in [0.2, 0.25) is 0 Å². The maximum atomic E-state index is 4.44. The van der Waals surface area contributed by atoms with Crippen molar-refractivity contribution in [3.05, 3.63) is 67.3 Å². The predicted molar refractivity (Wildman–Crippen MR) is 103 cm³/mol. The fourth-order valence-corrected chi connectivity index (χ4v) is 2.94. The van der Waals surface area contributed by atoms with Crippen molar-refractivity contribution in [3.8, 4) is 0 Å². The van der Waals surface area contributed by atoms with Gasteiger partial charge in [-0.05, 0) is 48.5 Å². The van der Waals surface area contributed by atoms with Crippen LogP contribution < -0.4 is 10.6 Å². The summed E-state index contributed by atoms with van der Waals surface area (Å²) in [7, 11) is 0. The fraction of sp³-hybridized carbons (Fsp3) is 0. The van der Waals surface area contributed by atoms with Crippen LogP contribution in [0.15, 0.2) is 67.3 Å².